The molecule has 1 saturated carbocycles. The fourth-order valence-corrected chi connectivity index (χ4v) is 3.92. The second kappa shape index (κ2) is 4.78. The van der Waals surface area contributed by atoms with Crippen molar-refractivity contribution in [3.8, 4) is 0 Å². The number of fused-ring (bicyclic) bond motifs is 1. The Bertz CT molecular complexity index is 426. The van der Waals surface area contributed by atoms with Crippen LogP contribution >= 0.6 is 0 Å². The molecule has 3 atom stereocenters. The number of hydrogen-bond donors (Lipinski definition) is 1. The smallest absolute Gasteiger partial charge is 0.266 e. The van der Waals surface area contributed by atoms with Gasteiger partial charge in [-0.15, -0.1) is 0 Å². The highest BCUT2D eigenvalue weighted by atomic mass is 16.5. The molecule has 3 unspecified atom stereocenters. The molecule has 0 radical (unpaired) electrons. The van der Waals surface area contributed by atoms with E-state index in [0.717, 1.165) is 30.8 Å². The topological polar surface area (TPSA) is 54.2 Å². The van der Waals surface area contributed by atoms with E-state index < -0.39 is 0 Å². The molecule has 1 aromatic rings. The van der Waals surface area contributed by atoms with Crippen molar-refractivity contribution in [3.63, 3.8) is 0 Å². The standard InChI is InChI=1S/C14H22N4O/c1-2-6-11-10(5-1)9-12(15-11)13-16-14(17-19-13)18-7-3-4-8-18/h10-12,15H,1-9H2. The fraction of sp³-hybridized carbons (Fsp3) is 0.857. The van der Waals surface area contributed by atoms with Crippen LogP contribution in [-0.4, -0.2) is 29.3 Å². The zero-order chi connectivity index (χ0) is 12.7. The van der Waals surface area contributed by atoms with Gasteiger partial charge in [0.05, 0.1) is 6.04 Å². The Hall–Kier alpha value is -1.10. The van der Waals surface area contributed by atoms with Gasteiger partial charge in [0.25, 0.3) is 5.95 Å². The van der Waals surface area contributed by atoms with E-state index >= 15 is 0 Å². The first-order valence-electron chi connectivity index (χ1n) is 7.75. The highest BCUT2D eigenvalue weighted by Crippen LogP contribution is 2.38. The van der Waals surface area contributed by atoms with Gasteiger partial charge in [-0.25, -0.2) is 0 Å². The summed E-state index contributed by atoms with van der Waals surface area (Å²) in [5.41, 5.74) is 0. The van der Waals surface area contributed by atoms with Crippen LogP contribution in [0.5, 0.6) is 0 Å². The first kappa shape index (κ1) is 11.7. The average Bonchev–Trinajstić information content (AvgIpc) is 3.17. The summed E-state index contributed by atoms with van der Waals surface area (Å²) in [5.74, 6) is 2.42. The van der Waals surface area contributed by atoms with Gasteiger partial charge in [0, 0.05) is 19.1 Å². The molecule has 104 valence electrons. The van der Waals surface area contributed by atoms with Gasteiger partial charge in [0.1, 0.15) is 0 Å². The summed E-state index contributed by atoms with van der Waals surface area (Å²) in [7, 11) is 0. The van der Waals surface area contributed by atoms with Crippen molar-refractivity contribution in [1.29, 1.82) is 0 Å². The predicted octanol–water partition coefficient (Wildman–Crippen LogP) is 2.26. The van der Waals surface area contributed by atoms with Crippen molar-refractivity contribution >= 4 is 5.95 Å². The van der Waals surface area contributed by atoms with E-state index in [0.29, 0.717) is 6.04 Å². The number of anilines is 1. The number of hydrogen-bond acceptors (Lipinski definition) is 5. The van der Waals surface area contributed by atoms with Gasteiger partial charge >= 0.3 is 0 Å². The summed E-state index contributed by atoms with van der Waals surface area (Å²) in [6, 6.07) is 0.970. The second-order valence-corrected chi connectivity index (χ2v) is 6.23. The van der Waals surface area contributed by atoms with Gasteiger partial charge in [0.15, 0.2) is 0 Å². The van der Waals surface area contributed by atoms with Crippen LogP contribution in [0.1, 0.15) is 56.9 Å². The van der Waals surface area contributed by atoms with Crippen LogP contribution in [0, 0.1) is 5.92 Å². The SMILES string of the molecule is C1CCC2NC(c3nc(N4CCCC4)no3)CC2C1. The molecule has 1 N–H and O–H groups in total. The zero-order valence-electron chi connectivity index (χ0n) is 11.3. The zero-order valence-corrected chi connectivity index (χ0v) is 11.3. The third-order valence-corrected chi connectivity index (χ3v) is 4.98. The first-order chi connectivity index (χ1) is 9.40. The van der Waals surface area contributed by atoms with Gasteiger partial charge in [-0.05, 0) is 43.2 Å². The van der Waals surface area contributed by atoms with E-state index in [-0.39, 0.29) is 6.04 Å². The van der Waals surface area contributed by atoms with E-state index in [1.54, 1.807) is 0 Å². The van der Waals surface area contributed by atoms with Crippen molar-refractivity contribution in [2.75, 3.05) is 18.0 Å². The Kier molecular flexibility index (Phi) is 2.94. The molecule has 0 aromatic carbocycles. The minimum atomic E-state index is 0.289. The molecule has 1 aliphatic carbocycles. The van der Waals surface area contributed by atoms with E-state index in [2.05, 4.69) is 20.4 Å². The lowest BCUT2D eigenvalue weighted by atomic mass is 9.85. The Morgan fingerprint density at radius 2 is 1.95 bits per heavy atom. The third-order valence-electron chi connectivity index (χ3n) is 4.98. The minimum absolute atomic E-state index is 0.289. The monoisotopic (exact) mass is 262 g/mol. The van der Waals surface area contributed by atoms with Crippen LogP contribution in [-0.2, 0) is 0 Å². The lowest BCUT2D eigenvalue weighted by Gasteiger charge is -2.24. The van der Waals surface area contributed by atoms with Crippen LogP contribution in [0.4, 0.5) is 5.95 Å². The highest BCUT2D eigenvalue weighted by molar-refractivity contribution is 5.29. The van der Waals surface area contributed by atoms with Gasteiger partial charge < -0.3 is 14.7 Å². The molecule has 3 fully saturated rings. The van der Waals surface area contributed by atoms with E-state index in [1.165, 1.54) is 44.9 Å². The summed E-state index contributed by atoms with van der Waals surface area (Å²) in [5, 5.41) is 7.86. The number of rotatable bonds is 2. The van der Waals surface area contributed by atoms with Crippen LogP contribution in [0.25, 0.3) is 0 Å². The predicted molar refractivity (Wildman–Crippen MR) is 72.0 cm³/mol. The van der Waals surface area contributed by atoms with Gasteiger partial charge in [-0.2, -0.15) is 4.98 Å². The van der Waals surface area contributed by atoms with Gasteiger partial charge in [0.2, 0.25) is 5.89 Å². The molecule has 5 nitrogen and oxygen atoms in total. The molecule has 2 saturated heterocycles. The molecule has 19 heavy (non-hydrogen) atoms. The Morgan fingerprint density at radius 1 is 1.11 bits per heavy atom. The molecular weight excluding hydrogens is 240 g/mol. The Morgan fingerprint density at radius 3 is 2.79 bits per heavy atom. The van der Waals surface area contributed by atoms with Gasteiger partial charge in [-0.3, -0.25) is 0 Å². The van der Waals surface area contributed by atoms with Crippen molar-refractivity contribution < 1.29 is 4.52 Å². The summed E-state index contributed by atoms with van der Waals surface area (Å²) in [6.45, 7) is 2.14. The van der Waals surface area contributed by atoms with Crippen LogP contribution in [0.15, 0.2) is 4.52 Å². The molecule has 4 rings (SSSR count). The summed E-state index contributed by atoms with van der Waals surface area (Å²) in [4.78, 5) is 6.85. The summed E-state index contributed by atoms with van der Waals surface area (Å²) >= 11 is 0. The third kappa shape index (κ3) is 2.14. The molecule has 0 amide bonds. The largest absolute Gasteiger partial charge is 0.338 e. The average molecular weight is 262 g/mol. The lowest BCUT2D eigenvalue weighted by molar-refractivity contribution is 0.324. The maximum atomic E-state index is 5.50. The maximum Gasteiger partial charge on any atom is 0.266 e. The first-order valence-corrected chi connectivity index (χ1v) is 7.75. The normalized spacial score (nSPS) is 34.7. The Labute approximate surface area is 113 Å². The van der Waals surface area contributed by atoms with Crippen LogP contribution < -0.4 is 10.2 Å². The Balaban J connectivity index is 1.47. The van der Waals surface area contributed by atoms with Crippen molar-refractivity contribution in [2.45, 2.75) is 57.0 Å². The van der Waals surface area contributed by atoms with Crippen LogP contribution in [0.2, 0.25) is 0 Å². The molecular formula is C14H22N4O. The second-order valence-electron chi connectivity index (χ2n) is 6.23. The quantitative estimate of drug-likeness (QED) is 0.886. The van der Waals surface area contributed by atoms with E-state index in [9.17, 15) is 0 Å². The van der Waals surface area contributed by atoms with Gasteiger partial charge in [-0.1, -0.05) is 12.8 Å². The molecule has 1 aromatic heterocycles. The molecule has 0 spiro atoms. The van der Waals surface area contributed by atoms with Crippen molar-refractivity contribution in [1.82, 2.24) is 15.5 Å². The number of aromatic nitrogens is 2. The molecule has 3 heterocycles. The van der Waals surface area contributed by atoms with Crippen molar-refractivity contribution in [2.24, 2.45) is 5.92 Å². The summed E-state index contributed by atoms with van der Waals surface area (Å²) < 4.78 is 5.50. The molecule has 2 aliphatic heterocycles. The molecule has 0 bridgehead atoms. The van der Waals surface area contributed by atoms with Crippen LogP contribution in [0.3, 0.4) is 0 Å². The summed E-state index contributed by atoms with van der Waals surface area (Å²) in [6.07, 6.45) is 9.09. The van der Waals surface area contributed by atoms with E-state index in [4.69, 9.17) is 4.52 Å². The van der Waals surface area contributed by atoms with Crippen molar-refractivity contribution in [3.05, 3.63) is 5.89 Å². The lowest BCUT2D eigenvalue weighted by Crippen LogP contribution is -2.30. The minimum Gasteiger partial charge on any atom is -0.338 e. The fourth-order valence-electron chi connectivity index (χ4n) is 3.92. The maximum absolute atomic E-state index is 5.50. The number of nitrogens with zero attached hydrogens (tertiary/aromatic N) is 3. The highest BCUT2D eigenvalue weighted by Gasteiger charge is 2.38. The molecule has 3 aliphatic rings. The van der Waals surface area contributed by atoms with E-state index in [1.807, 2.05) is 0 Å². The number of nitrogens with one attached hydrogen (secondary N) is 1. The molecule has 5 heteroatoms.